The van der Waals surface area contributed by atoms with Gasteiger partial charge < -0.3 is 4.74 Å². The maximum atomic E-state index is 11.4. The fourth-order valence-corrected chi connectivity index (χ4v) is 1.93. The van der Waals surface area contributed by atoms with Crippen LogP contribution in [0.15, 0.2) is 29.2 Å². The van der Waals surface area contributed by atoms with Gasteiger partial charge in [-0.3, -0.25) is 4.90 Å². The third-order valence-electron chi connectivity index (χ3n) is 2.05. The Balaban J connectivity index is 0.00000154. The number of rotatable bonds is 3. The molecule has 0 spiro atoms. The molecule has 0 aliphatic heterocycles. The van der Waals surface area contributed by atoms with Crippen LogP contribution in [0, 0.1) is 0 Å². The predicted octanol–water partition coefficient (Wildman–Crippen LogP) is 3.23. The number of anilines is 1. The SMILES string of the molecule is CC.CCOC(=O)N(C)c1ccc(S(=O)(=O)Cl)cc1. The fourth-order valence-electron chi connectivity index (χ4n) is 1.16. The zero-order valence-electron chi connectivity index (χ0n) is 11.4. The molecule has 0 unspecified atom stereocenters. The Morgan fingerprint density at radius 3 is 2.11 bits per heavy atom. The largest absolute Gasteiger partial charge is 0.449 e. The molecule has 0 N–H and O–H groups in total. The molecular weight excluding hydrogens is 290 g/mol. The van der Waals surface area contributed by atoms with Crippen molar-refractivity contribution in [2.45, 2.75) is 25.7 Å². The second-order valence-corrected chi connectivity index (χ2v) is 5.76. The lowest BCUT2D eigenvalue weighted by Crippen LogP contribution is -2.26. The quantitative estimate of drug-likeness (QED) is 0.804. The van der Waals surface area contributed by atoms with E-state index in [0.29, 0.717) is 5.69 Å². The zero-order chi connectivity index (χ0) is 15.1. The maximum Gasteiger partial charge on any atom is 0.413 e. The van der Waals surface area contributed by atoms with E-state index >= 15 is 0 Å². The summed E-state index contributed by atoms with van der Waals surface area (Å²) in [5, 5.41) is 0. The minimum Gasteiger partial charge on any atom is -0.449 e. The zero-order valence-corrected chi connectivity index (χ0v) is 13.0. The Morgan fingerprint density at radius 1 is 1.26 bits per heavy atom. The van der Waals surface area contributed by atoms with Gasteiger partial charge in [0.15, 0.2) is 0 Å². The summed E-state index contributed by atoms with van der Waals surface area (Å²) >= 11 is 0. The second kappa shape index (κ2) is 8.01. The molecule has 0 saturated carbocycles. The minimum atomic E-state index is -3.74. The number of carbonyl (C=O) groups is 1. The summed E-state index contributed by atoms with van der Waals surface area (Å²) in [5.41, 5.74) is 0.521. The number of amides is 1. The van der Waals surface area contributed by atoms with E-state index in [1.807, 2.05) is 13.8 Å². The fraction of sp³-hybridized carbons (Fsp3) is 0.417. The Labute approximate surface area is 118 Å². The van der Waals surface area contributed by atoms with Crippen LogP contribution in [0.4, 0.5) is 10.5 Å². The summed E-state index contributed by atoms with van der Waals surface area (Å²) in [5.74, 6) is 0. The Morgan fingerprint density at radius 2 is 1.74 bits per heavy atom. The van der Waals surface area contributed by atoms with Gasteiger partial charge in [0.25, 0.3) is 9.05 Å². The van der Waals surface area contributed by atoms with Crippen LogP contribution in [0.5, 0.6) is 0 Å². The molecule has 0 aliphatic rings. The van der Waals surface area contributed by atoms with Crippen molar-refractivity contribution in [2.75, 3.05) is 18.6 Å². The van der Waals surface area contributed by atoms with E-state index in [1.54, 1.807) is 6.92 Å². The molecule has 0 radical (unpaired) electrons. The monoisotopic (exact) mass is 307 g/mol. The highest BCUT2D eigenvalue weighted by molar-refractivity contribution is 8.13. The molecule has 19 heavy (non-hydrogen) atoms. The number of hydrogen-bond donors (Lipinski definition) is 0. The average molecular weight is 308 g/mol. The van der Waals surface area contributed by atoms with Crippen molar-refractivity contribution in [3.05, 3.63) is 24.3 Å². The third kappa shape index (κ3) is 5.48. The van der Waals surface area contributed by atoms with E-state index in [4.69, 9.17) is 15.4 Å². The predicted molar refractivity (Wildman–Crippen MR) is 76.3 cm³/mol. The van der Waals surface area contributed by atoms with E-state index in [2.05, 4.69) is 0 Å². The van der Waals surface area contributed by atoms with Crippen LogP contribution in [-0.2, 0) is 13.8 Å². The van der Waals surface area contributed by atoms with E-state index in [1.165, 1.54) is 36.2 Å². The first-order valence-corrected chi connectivity index (χ1v) is 8.12. The molecule has 0 atom stereocenters. The standard InChI is InChI=1S/C10H12ClNO4S.C2H6/c1-3-16-10(13)12(2)8-4-6-9(7-5-8)17(11,14)15;1-2/h4-7H,3H2,1-2H3;1-2H3. The van der Waals surface area contributed by atoms with Crippen LogP contribution < -0.4 is 4.90 Å². The normalized spacial score (nSPS) is 10.2. The maximum absolute atomic E-state index is 11.4. The number of carbonyl (C=O) groups excluding carboxylic acids is 1. The second-order valence-electron chi connectivity index (χ2n) is 3.19. The van der Waals surface area contributed by atoms with Crippen LogP contribution >= 0.6 is 10.7 Å². The lowest BCUT2D eigenvalue weighted by molar-refractivity contribution is 0.161. The van der Waals surface area contributed by atoms with Gasteiger partial charge in [0, 0.05) is 23.4 Å². The Hall–Kier alpha value is -1.27. The molecule has 0 heterocycles. The average Bonchev–Trinajstić information content (AvgIpc) is 2.39. The van der Waals surface area contributed by atoms with E-state index < -0.39 is 15.1 Å². The first kappa shape index (κ1) is 17.7. The van der Waals surface area contributed by atoms with Gasteiger partial charge in [0.05, 0.1) is 11.5 Å². The summed E-state index contributed by atoms with van der Waals surface area (Å²) in [6.07, 6.45) is -0.506. The van der Waals surface area contributed by atoms with E-state index in [-0.39, 0.29) is 11.5 Å². The highest BCUT2D eigenvalue weighted by Crippen LogP contribution is 2.20. The number of halogens is 1. The molecule has 7 heteroatoms. The lowest BCUT2D eigenvalue weighted by atomic mass is 10.3. The van der Waals surface area contributed by atoms with Crippen molar-refractivity contribution < 1.29 is 17.9 Å². The van der Waals surface area contributed by atoms with Crippen molar-refractivity contribution >= 4 is 31.5 Å². The minimum absolute atomic E-state index is 0.0137. The molecule has 1 aromatic rings. The summed E-state index contributed by atoms with van der Waals surface area (Å²) in [6, 6.07) is 5.61. The molecule has 0 bridgehead atoms. The molecule has 0 saturated heterocycles. The number of benzene rings is 1. The summed E-state index contributed by atoms with van der Waals surface area (Å²) in [4.78, 5) is 12.6. The van der Waals surface area contributed by atoms with Crippen LogP contribution in [0.2, 0.25) is 0 Å². The van der Waals surface area contributed by atoms with Crippen LogP contribution in [-0.4, -0.2) is 28.2 Å². The van der Waals surface area contributed by atoms with E-state index in [0.717, 1.165) is 0 Å². The lowest BCUT2D eigenvalue weighted by Gasteiger charge is -2.16. The van der Waals surface area contributed by atoms with Gasteiger partial charge in [-0.05, 0) is 31.2 Å². The van der Waals surface area contributed by atoms with Gasteiger partial charge in [0.2, 0.25) is 0 Å². The molecule has 0 aliphatic carbocycles. The van der Waals surface area contributed by atoms with Crippen molar-refractivity contribution in [1.29, 1.82) is 0 Å². The highest BCUT2D eigenvalue weighted by Gasteiger charge is 2.14. The molecule has 0 aromatic heterocycles. The summed E-state index contributed by atoms with van der Waals surface area (Å²) in [7, 11) is 2.96. The highest BCUT2D eigenvalue weighted by atomic mass is 35.7. The van der Waals surface area contributed by atoms with Gasteiger partial charge >= 0.3 is 6.09 Å². The summed E-state index contributed by atoms with van der Waals surface area (Å²) in [6.45, 7) is 5.98. The molecular formula is C12H18ClNO4S. The Kier molecular flexibility index (Phi) is 7.48. The molecule has 1 amide bonds. The number of ether oxygens (including phenoxy) is 1. The van der Waals surface area contributed by atoms with Crippen LogP contribution in [0.3, 0.4) is 0 Å². The first-order chi connectivity index (χ1) is 8.86. The van der Waals surface area contributed by atoms with Crippen LogP contribution in [0.25, 0.3) is 0 Å². The van der Waals surface area contributed by atoms with Gasteiger partial charge in [-0.2, -0.15) is 0 Å². The first-order valence-electron chi connectivity index (χ1n) is 5.81. The molecule has 0 fully saturated rings. The third-order valence-corrected chi connectivity index (χ3v) is 3.42. The van der Waals surface area contributed by atoms with Gasteiger partial charge in [-0.1, -0.05) is 13.8 Å². The smallest absolute Gasteiger partial charge is 0.413 e. The summed E-state index contributed by atoms with van der Waals surface area (Å²) < 4.78 is 26.8. The van der Waals surface area contributed by atoms with Crippen molar-refractivity contribution in [2.24, 2.45) is 0 Å². The molecule has 1 rings (SSSR count). The van der Waals surface area contributed by atoms with Gasteiger partial charge in [-0.15, -0.1) is 0 Å². The molecule has 5 nitrogen and oxygen atoms in total. The number of nitrogens with zero attached hydrogens (tertiary/aromatic N) is 1. The topological polar surface area (TPSA) is 63.7 Å². The Bertz CT molecular complexity index is 499. The van der Waals surface area contributed by atoms with E-state index in [9.17, 15) is 13.2 Å². The van der Waals surface area contributed by atoms with Gasteiger partial charge in [0.1, 0.15) is 0 Å². The van der Waals surface area contributed by atoms with Crippen molar-refractivity contribution in [1.82, 2.24) is 0 Å². The van der Waals surface area contributed by atoms with Crippen molar-refractivity contribution in [3.8, 4) is 0 Å². The van der Waals surface area contributed by atoms with Crippen molar-refractivity contribution in [3.63, 3.8) is 0 Å². The number of hydrogen-bond acceptors (Lipinski definition) is 4. The molecule has 1 aromatic carbocycles. The van der Waals surface area contributed by atoms with Crippen LogP contribution in [0.1, 0.15) is 20.8 Å². The molecule has 108 valence electrons. The van der Waals surface area contributed by atoms with Gasteiger partial charge in [-0.25, -0.2) is 13.2 Å².